The molecule has 0 radical (unpaired) electrons. The quantitative estimate of drug-likeness (QED) is 0.783. The lowest BCUT2D eigenvalue weighted by molar-refractivity contribution is 0.384. The lowest BCUT2D eigenvalue weighted by atomic mass is 10.0. The van der Waals surface area contributed by atoms with Crippen LogP contribution in [0.2, 0.25) is 0 Å². The highest BCUT2D eigenvalue weighted by atomic mass is 16.5. The van der Waals surface area contributed by atoms with Gasteiger partial charge in [0.25, 0.3) is 0 Å². The summed E-state index contributed by atoms with van der Waals surface area (Å²) >= 11 is 0. The van der Waals surface area contributed by atoms with E-state index in [-0.39, 0.29) is 0 Å². The molecule has 0 saturated heterocycles. The van der Waals surface area contributed by atoms with E-state index in [4.69, 9.17) is 9.47 Å². The van der Waals surface area contributed by atoms with Crippen molar-refractivity contribution in [1.29, 1.82) is 0 Å². The first-order valence-corrected chi connectivity index (χ1v) is 7.00. The summed E-state index contributed by atoms with van der Waals surface area (Å²) in [6, 6.07) is 14.7. The van der Waals surface area contributed by atoms with Gasteiger partial charge < -0.3 is 9.47 Å². The Labute approximate surface area is 121 Å². The molecule has 2 aromatic carbocycles. The van der Waals surface area contributed by atoms with Crippen LogP contribution in [-0.2, 0) is 12.8 Å². The summed E-state index contributed by atoms with van der Waals surface area (Å²) in [5.41, 5.74) is 3.69. The summed E-state index contributed by atoms with van der Waals surface area (Å²) in [5.74, 6) is 1.85. The number of hydrogen-bond donors (Lipinski definition) is 0. The van der Waals surface area contributed by atoms with Gasteiger partial charge in [-0.1, -0.05) is 30.3 Å². The zero-order chi connectivity index (χ0) is 14.4. The first-order chi connectivity index (χ1) is 9.74. The minimum atomic E-state index is 0.926. The van der Waals surface area contributed by atoms with Crippen LogP contribution in [0.25, 0.3) is 0 Å². The Morgan fingerprint density at radius 1 is 0.850 bits per heavy atom. The number of rotatable bonds is 6. The largest absolute Gasteiger partial charge is 0.496 e. The Morgan fingerprint density at radius 2 is 1.45 bits per heavy atom. The lowest BCUT2D eigenvalue weighted by Gasteiger charge is -2.14. The average molecular weight is 270 g/mol. The minimum Gasteiger partial charge on any atom is -0.496 e. The molecule has 2 nitrogen and oxygen atoms in total. The molecule has 106 valence electrons. The molecule has 0 N–H and O–H groups in total. The summed E-state index contributed by atoms with van der Waals surface area (Å²) in [6.07, 6.45) is 3.11. The third-order valence-electron chi connectivity index (χ3n) is 3.49. The number of benzene rings is 2. The van der Waals surface area contributed by atoms with Gasteiger partial charge in [0.1, 0.15) is 11.5 Å². The average Bonchev–Trinajstić information content (AvgIpc) is 2.49. The topological polar surface area (TPSA) is 18.5 Å². The minimum absolute atomic E-state index is 0.926. The standard InChI is InChI=1S/C18H22O2/c1-14-12-17(19-2)16(18(13-14)20-3)11-7-10-15-8-5-4-6-9-15/h4-6,8-9,12-13H,7,10-11H2,1-3H3. The van der Waals surface area contributed by atoms with Crippen molar-refractivity contribution in [3.63, 3.8) is 0 Å². The predicted octanol–water partition coefficient (Wildman–Crippen LogP) is 4.19. The number of methoxy groups -OCH3 is 2. The van der Waals surface area contributed by atoms with Crippen LogP contribution in [0, 0.1) is 6.92 Å². The molecule has 0 atom stereocenters. The molecular formula is C18H22O2. The van der Waals surface area contributed by atoms with Crippen LogP contribution >= 0.6 is 0 Å². The van der Waals surface area contributed by atoms with Crippen LogP contribution in [0.15, 0.2) is 42.5 Å². The molecule has 0 aliphatic heterocycles. The Hall–Kier alpha value is -1.96. The van der Waals surface area contributed by atoms with Gasteiger partial charge in [0, 0.05) is 5.56 Å². The summed E-state index contributed by atoms with van der Waals surface area (Å²) in [7, 11) is 3.43. The monoisotopic (exact) mass is 270 g/mol. The molecule has 2 rings (SSSR count). The van der Waals surface area contributed by atoms with E-state index < -0.39 is 0 Å². The van der Waals surface area contributed by atoms with Crippen molar-refractivity contribution < 1.29 is 9.47 Å². The Kier molecular flexibility index (Phi) is 5.05. The van der Waals surface area contributed by atoms with Gasteiger partial charge in [-0.2, -0.15) is 0 Å². The van der Waals surface area contributed by atoms with E-state index in [1.54, 1.807) is 14.2 Å². The van der Waals surface area contributed by atoms with E-state index in [1.807, 2.05) is 0 Å². The molecule has 0 heterocycles. The highest BCUT2D eigenvalue weighted by Gasteiger charge is 2.11. The van der Waals surface area contributed by atoms with Crippen LogP contribution in [0.4, 0.5) is 0 Å². The van der Waals surface area contributed by atoms with Crippen molar-refractivity contribution in [1.82, 2.24) is 0 Å². The van der Waals surface area contributed by atoms with Crippen molar-refractivity contribution >= 4 is 0 Å². The first kappa shape index (κ1) is 14.4. The number of ether oxygens (including phenoxy) is 2. The maximum absolute atomic E-state index is 5.49. The fraction of sp³-hybridized carbons (Fsp3) is 0.333. The number of aryl methyl sites for hydroxylation is 2. The Balaban J connectivity index is 2.08. The molecule has 0 fully saturated rings. The molecule has 0 aliphatic rings. The highest BCUT2D eigenvalue weighted by Crippen LogP contribution is 2.31. The molecule has 20 heavy (non-hydrogen) atoms. The maximum Gasteiger partial charge on any atom is 0.126 e. The van der Waals surface area contributed by atoms with Gasteiger partial charge in [-0.3, -0.25) is 0 Å². The van der Waals surface area contributed by atoms with E-state index in [9.17, 15) is 0 Å². The molecule has 0 aromatic heterocycles. The first-order valence-electron chi connectivity index (χ1n) is 7.00. The molecule has 0 saturated carbocycles. The molecule has 0 bridgehead atoms. The van der Waals surface area contributed by atoms with Gasteiger partial charge in [-0.15, -0.1) is 0 Å². The van der Waals surface area contributed by atoms with Crippen molar-refractivity contribution in [2.45, 2.75) is 26.2 Å². The van der Waals surface area contributed by atoms with Gasteiger partial charge in [-0.05, 0) is 49.4 Å². The second-order valence-corrected chi connectivity index (χ2v) is 4.99. The predicted molar refractivity (Wildman–Crippen MR) is 82.8 cm³/mol. The smallest absolute Gasteiger partial charge is 0.126 e. The fourth-order valence-electron chi connectivity index (χ4n) is 2.48. The zero-order valence-electron chi connectivity index (χ0n) is 12.5. The van der Waals surface area contributed by atoms with Crippen molar-refractivity contribution in [2.75, 3.05) is 14.2 Å². The summed E-state index contributed by atoms with van der Waals surface area (Å²) in [4.78, 5) is 0. The van der Waals surface area contributed by atoms with Gasteiger partial charge in [0.05, 0.1) is 14.2 Å². The van der Waals surface area contributed by atoms with Crippen LogP contribution in [0.3, 0.4) is 0 Å². The zero-order valence-corrected chi connectivity index (χ0v) is 12.5. The second-order valence-electron chi connectivity index (χ2n) is 4.99. The van der Waals surface area contributed by atoms with Gasteiger partial charge in [-0.25, -0.2) is 0 Å². The molecule has 0 unspecified atom stereocenters. The third kappa shape index (κ3) is 3.53. The van der Waals surface area contributed by atoms with Crippen molar-refractivity contribution in [3.05, 3.63) is 59.2 Å². The molecule has 0 amide bonds. The molecule has 0 aliphatic carbocycles. The van der Waals surface area contributed by atoms with Crippen LogP contribution in [0.1, 0.15) is 23.1 Å². The Morgan fingerprint density at radius 3 is 2.00 bits per heavy atom. The van der Waals surface area contributed by atoms with E-state index in [2.05, 4.69) is 49.4 Å². The van der Waals surface area contributed by atoms with Crippen LogP contribution in [-0.4, -0.2) is 14.2 Å². The lowest BCUT2D eigenvalue weighted by Crippen LogP contribution is -1.99. The normalized spacial score (nSPS) is 10.3. The van der Waals surface area contributed by atoms with Crippen LogP contribution < -0.4 is 9.47 Å². The van der Waals surface area contributed by atoms with Gasteiger partial charge >= 0.3 is 0 Å². The highest BCUT2D eigenvalue weighted by molar-refractivity contribution is 5.48. The maximum atomic E-state index is 5.49. The Bertz CT molecular complexity index is 522. The molecule has 0 spiro atoms. The van der Waals surface area contributed by atoms with Crippen LogP contribution in [0.5, 0.6) is 11.5 Å². The van der Waals surface area contributed by atoms with E-state index in [0.717, 1.165) is 41.9 Å². The number of hydrogen-bond acceptors (Lipinski definition) is 2. The van der Waals surface area contributed by atoms with E-state index in [0.29, 0.717) is 0 Å². The summed E-state index contributed by atoms with van der Waals surface area (Å²) in [5, 5.41) is 0. The van der Waals surface area contributed by atoms with E-state index >= 15 is 0 Å². The fourth-order valence-corrected chi connectivity index (χ4v) is 2.48. The van der Waals surface area contributed by atoms with Gasteiger partial charge in [0.2, 0.25) is 0 Å². The van der Waals surface area contributed by atoms with Crippen molar-refractivity contribution in [3.8, 4) is 11.5 Å². The summed E-state index contributed by atoms with van der Waals surface area (Å²) in [6.45, 7) is 2.05. The van der Waals surface area contributed by atoms with Crippen molar-refractivity contribution in [2.24, 2.45) is 0 Å². The van der Waals surface area contributed by atoms with E-state index in [1.165, 1.54) is 5.56 Å². The third-order valence-corrected chi connectivity index (χ3v) is 3.49. The molecular weight excluding hydrogens is 248 g/mol. The second kappa shape index (κ2) is 6.99. The summed E-state index contributed by atoms with van der Waals surface area (Å²) < 4.78 is 11.0. The van der Waals surface area contributed by atoms with Gasteiger partial charge in [0.15, 0.2) is 0 Å². The SMILES string of the molecule is COc1cc(C)cc(OC)c1CCCc1ccccc1. The molecule has 2 aromatic rings. The molecule has 2 heteroatoms.